The van der Waals surface area contributed by atoms with E-state index in [1.807, 2.05) is 0 Å². The molecule has 0 aliphatic heterocycles. The molecule has 0 aliphatic carbocycles. The monoisotopic (exact) mass is 200 g/mol. The van der Waals surface area contributed by atoms with Crippen LogP contribution in [-0.4, -0.2) is 25.0 Å². The van der Waals surface area contributed by atoms with E-state index in [1.165, 1.54) is 0 Å². The molecule has 0 rings (SSSR count). The van der Waals surface area contributed by atoms with Gasteiger partial charge in [-0.15, -0.1) is 0 Å². The zero-order valence-corrected chi connectivity index (χ0v) is 9.89. The molecule has 1 amide bonds. The summed E-state index contributed by atoms with van der Waals surface area (Å²) in [6.45, 7) is 9.69. The molecule has 0 fully saturated rings. The lowest BCUT2D eigenvalue weighted by molar-refractivity contribution is -0.120. The van der Waals surface area contributed by atoms with Crippen LogP contribution in [0.25, 0.3) is 0 Å². The maximum Gasteiger partial charge on any atom is 0.233 e. The zero-order valence-electron chi connectivity index (χ0n) is 9.89. The topological polar surface area (TPSA) is 41.1 Å². The number of rotatable bonds is 7. The fourth-order valence-electron chi connectivity index (χ4n) is 0.906. The molecule has 84 valence electrons. The van der Waals surface area contributed by atoms with Crippen molar-refractivity contribution < 1.29 is 4.79 Å². The highest BCUT2D eigenvalue weighted by atomic mass is 16.1. The summed E-state index contributed by atoms with van der Waals surface area (Å²) >= 11 is 0. The van der Waals surface area contributed by atoms with Gasteiger partial charge in [-0.05, 0) is 19.3 Å². The van der Waals surface area contributed by atoms with Gasteiger partial charge >= 0.3 is 0 Å². The third kappa shape index (κ3) is 6.89. The second-order valence-corrected chi connectivity index (χ2v) is 4.01. The van der Waals surface area contributed by atoms with Crippen LogP contribution >= 0.6 is 0 Å². The predicted molar refractivity (Wildman–Crippen MR) is 60.2 cm³/mol. The van der Waals surface area contributed by atoms with Gasteiger partial charge in [0.25, 0.3) is 0 Å². The first-order valence-corrected chi connectivity index (χ1v) is 5.60. The van der Waals surface area contributed by atoms with Crippen molar-refractivity contribution in [1.29, 1.82) is 0 Å². The maximum atomic E-state index is 11.3. The normalized spacial score (nSPS) is 14.9. The summed E-state index contributed by atoms with van der Waals surface area (Å²) in [5, 5.41) is 6.07. The van der Waals surface area contributed by atoms with Crippen molar-refractivity contribution in [2.45, 2.75) is 46.6 Å². The van der Waals surface area contributed by atoms with Crippen molar-refractivity contribution in [2.24, 2.45) is 5.92 Å². The highest BCUT2D eigenvalue weighted by Crippen LogP contribution is 1.96. The molecule has 0 bridgehead atoms. The Bertz CT molecular complexity index is 143. The molecule has 0 heterocycles. The highest BCUT2D eigenvalue weighted by molar-refractivity contribution is 5.77. The molecule has 0 aromatic rings. The van der Waals surface area contributed by atoms with Crippen LogP contribution in [0.5, 0.6) is 0 Å². The van der Waals surface area contributed by atoms with Gasteiger partial charge in [0.2, 0.25) is 5.91 Å². The summed E-state index contributed by atoms with van der Waals surface area (Å²) in [6, 6.07) is 0.421. The van der Waals surface area contributed by atoms with E-state index in [0.717, 1.165) is 19.4 Å². The van der Waals surface area contributed by atoms with Gasteiger partial charge < -0.3 is 10.6 Å². The van der Waals surface area contributed by atoms with Gasteiger partial charge in [0.05, 0.1) is 6.54 Å². The molecular formula is C11H24N2O. The van der Waals surface area contributed by atoms with Gasteiger partial charge in [0.1, 0.15) is 0 Å². The van der Waals surface area contributed by atoms with E-state index in [-0.39, 0.29) is 5.91 Å². The van der Waals surface area contributed by atoms with E-state index >= 15 is 0 Å². The summed E-state index contributed by atoms with van der Waals surface area (Å²) in [7, 11) is 0. The van der Waals surface area contributed by atoms with Gasteiger partial charge in [-0.2, -0.15) is 0 Å². The van der Waals surface area contributed by atoms with Crippen molar-refractivity contribution >= 4 is 5.91 Å². The second-order valence-electron chi connectivity index (χ2n) is 4.01. The summed E-state index contributed by atoms with van der Waals surface area (Å²) in [4.78, 5) is 11.3. The summed E-state index contributed by atoms with van der Waals surface area (Å²) in [5.41, 5.74) is 0. The predicted octanol–water partition coefficient (Wildman–Crippen LogP) is 1.54. The molecule has 0 aliphatic rings. The molecule has 0 radical (unpaired) electrons. The molecule has 0 saturated heterocycles. The molecule has 2 atom stereocenters. The lowest BCUT2D eigenvalue weighted by Gasteiger charge is -2.13. The van der Waals surface area contributed by atoms with Gasteiger partial charge in [-0.25, -0.2) is 0 Å². The number of hydrogen-bond donors (Lipinski definition) is 2. The van der Waals surface area contributed by atoms with Crippen molar-refractivity contribution in [1.82, 2.24) is 10.6 Å². The summed E-state index contributed by atoms with van der Waals surface area (Å²) in [5.74, 6) is 0.674. The molecule has 0 aromatic heterocycles. The Labute approximate surface area is 87.6 Å². The van der Waals surface area contributed by atoms with E-state index < -0.39 is 0 Å². The first-order valence-electron chi connectivity index (χ1n) is 5.60. The van der Waals surface area contributed by atoms with E-state index in [2.05, 4.69) is 38.3 Å². The summed E-state index contributed by atoms with van der Waals surface area (Å²) < 4.78 is 0. The average Bonchev–Trinajstić information content (AvgIpc) is 2.22. The quantitative estimate of drug-likeness (QED) is 0.654. The smallest absolute Gasteiger partial charge is 0.233 e. The molecule has 2 unspecified atom stereocenters. The largest absolute Gasteiger partial charge is 0.355 e. The van der Waals surface area contributed by atoms with Crippen LogP contribution in [0.15, 0.2) is 0 Å². The minimum absolute atomic E-state index is 0.102. The molecule has 0 spiro atoms. The Balaban J connectivity index is 3.46. The molecule has 2 N–H and O–H groups in total. The van der Waals surface area contributed by atoms with Gasteiger partial charge in [0.15, 0.2) is 0 Å². The molecule has 0 saturated carbocycles. The molecule has 14 heavy (non-hydrogen) atoms. The van der Waals surface area contributed by atoms with E-state index in [9.17, 15) is 4.79 Å². The van der Waals surface area contributed by atoms with E-state index in [1.54, 1.807) is 0 Å². The van der Waals surface area contributed by atoms with Crippen molar-refractivity contribution in [3.8, 4) is 0 Å². The van der Waals surface area contributed by atoms with Crippen LogP contribution in [0.1, 0.15) is 40.5 Å². The van der Waals surface area contributed by atoms with E-state index in [4.69, 9.17) is 0 Å². The molecule has 0 aromatic carbocycles. The van der Waals surface area contributed by atoms with Crippen molar-refractivity contribution in [3.05, 3.63) is 0 Å². The van der Waals surface area contributed by atoms with Gasteiger partial charge in [-0.1, -0.05) is 27.2 Å². The lowest BCUT2D eigenvalue weighted by Crippen LogP contribution is -2.39. The van der Waals surface area contributed by atoms with Crippen LogP contribution in [0.2, 0.25) is 0 Å². The SMILES string of the molecule is CCC(C)CNC(=O)CNC(C)CC. The van der Waals surface area contributed by atoms with Crippen molar-refractivity contribution in [2.75, 3.05) is 13.1 Å². The van der Waals surface area contributed by atoms with Gasteiger partial charge in [0, 0.05) is 12.6 Å². The number of amides is 1. The third-order valence-corrected chi connectivity index (χ3v) is 2.57. The lowest BCUT2D eigenvalue weighted by atomic mass is 10.1. The first kappa shape index (κ1) is 13.4. The number of carbonyl (C=O) groups is 1. The summed E-state index contributed by atoms with van der Waals surface area (Å²) in [6.07, 6.45) is 2.16. The van der Waals surface area contributed by atoms with E-state index in [0.29, 0.717) is 18.5 Å². The van der Waals surface area contributed by atoms with Crippen LogP contribution < -0.4 is 10.6 Å². The molecule has 3 heteroatoms. The fourth-order valence-corrected chi connectivity index (χ4v) is 0.906. The Morgan fingerprint density at radius 3 is 2.36 bits per heavy atom. The van der Waals surface area contributed by atoms with Crippen LogP contribution in [0, 0.1) is 5.92 Å². The first-order chi connectivity index (χ1) is 6.60. The van der Waals surface area contributed by atoms with Gasteiger partial charge in [-0.3, -0.25) is 4.79 Å². The van der Waals surface area contributed by atoms with Crippen molar-refractivity contribution in [3.63, 3.8) is 0 Å². The Morgan fingerprint density at radius 1 is 1.21 bits per heavy atom. The van der Waals surface area contributed by atoms with Crippen LogP contribution in [0.3, 0.4) is 0 Å². The Hall–Kier alpha value is -0.570. The van der Waals surface area contributed by atoms with Crippen LogP contribution in [-0.2, 0) is 4.79 Å². The average molecular weight is 200 g/mol. The fraction of sp³-hybridized carbons (Fsp3) is 0.909. The zero-order chi connectivity index (χ0) is 11.0. The Morgan fingerprint density at radius 2 is 1.86 bits per heavy atom. The molecular weight excluding hydrogens is 176 g/mol. The Kier molecular flexibility index (Phi) is 7.48. The molecule has 3 nitrogen and oxygen atoms in total. The third-order valence-electron chi connectivity index (χ3n) is 2.57. The maximum absolute atomic E-state index is 11.3. The minimum atomic E-state index is 0.102. The van der Waals surface area contributed by atoms with Crippen LogP contribution in [0.4, 0.5) is 0 Å². The minimum Gasteiger partial charge on any atom is -0.355 e. The second kappa shape index (κ2) is 7.80. The number of hydrogen-bond acceptors (Lipinski definition) is 2. The number of nitrogens with one attached hydrogen (secondary N) is 2. The standard InChI is InChI=1S/C11H24N2O/c1-5-9(3)7-13-11(14)8-12-10(4)6-2/h9-10,12H,5-8H2,1-4H3,(H,13,14). The highest BCUT2D eigenvalue weighted by Gasteiger charge is 2.04. The number of carbonyl (C=O) groups excluding carboxylic acids is 1.